The molecule has 0 aliphatic heterocycles. The van der Waals surface area contributed by atoms with Crippen LogP contribution in [0.2, 0.25) is 0 Å². The normalized spacial score (nSPS) is 17.9. The van der Waals surface area contributed by atoms with Crippen LogP contribution in [0.25, 0.3) is 0 Å². The summed E-state index contributed by atoms with van der Waals surface area (Å²) in [5, 5.41) is 0. The van der Waals surface area contributed by atoms with Crippen LogP contribution in [0.15, 0.2) is 0 Å². The zero-order valence-electron chi connectivity index (χ0n) is 19.1. The molecule has 0 amide bonds. The van der Waals surface area contributed by atoms with E-state index in [0.29, 0.717) is 0 Å². The van der Waals surface area contributed by atoms with Crippen molar-refractivity contribution in [3.05, 3.63) is 104 Å². The minimum absolute atomic E-state index is 2.43. The second-order valence-corrected chi connectivity index (χ2v) is 8.50. The molecule has 222 valence electrons. The highest BCUT2D eigenvalue weighted by molar-refractivity contribution is 6.16. The van der Waals surface area contributed by atoms with E-state index in [2.05, 4.69) is 0 Å². The molecule has 0 radical (unpaired) electrons. The van der Waals surface area contributed by atoms with Crippen molar-refractivity contribution >= 4 is 17.3 Å². The highest BCUT2D eigenvalue weighted by atomic mass is 19.2. The zero-order chi connectivity index (χ0) is 31.9. The average molecular weight is 624 g/mol. The predicted molar refractivity (Wildman–Crippen MR) is 102 cm³/mol. The van der Waals surface area contributed by atoms with Gasteiger partial charge in [0, 0.05) is 17.8 Å². The maximum absolute atomic E-state index is 14.3. The fraction of sp³-hybridized carbons (Fsp3) is 0.125. The van der Waals surface area contributed by atoms with E-state index < -0.39 is 139 Å². The van der Waals surface area contributed by atoms with Crippen LogP contribution in [0.5, 0.6) is 0 Å². The predicted octanol–water partition coefficient (Wildman–Crippen LogP) is 6.58. The van der Waals surface area contributed by atoms with Gasteiger partial charge in [-0.2, -0.15) is 0 Å². The third-order valence-electron chi connectivity index (χ3n) is 6.30. The first-order chi connectivity index (χ1) is 19.4. The molecule has 0 bridgehead atoms. The van der Waals surface area contributed by atoms with E-state index in [4.69, 9.17) is 0 Å². The first-order valence-electron chi connectivity index (χ1n) is 10.6. The lowest BCUT2D eigenvalue weighted by atomic mass is 9.99. The van der Waals surface area contributed by atoms with Gasteiger partial charge in [-0.25, -0.2) is 65.9 Å². The van der Waals surface area contributed by atoms with Crippen LogP contribution < -0.4 is 0 Å². The molecule has 4 rings (SSSR count). The number of benzene rings is 3. The van der Waals surface area contributed by atoms with Gasteiger partial charge in [-0.15, -0.1) is 0 Å². The topological polar surface area (TPSA) is 51.2 Å². The Hall–Kier alpha value is -4.38. The molecule has 1 saturated carbocycles. The number of carbonyl (C=O) groups excluding carboxylic acids is 3. The van der Waals surface area contributed by atoms with Crippen molar-refractivity contribution in [3.8, 4) is 0 Å². The summed E-state index contributed by atoms with van der Waals surface area (Å²) in [4.78, 5) is 38.5. The summed E-state index contributed by atoms with van der Waals surface area (Å²) in [5.41, 5.74) is -7.29. The lowest BCUT2D eigenvalue weighted by Gasteiger charge is -2.08. The van der Waals surface area contributed by atoms with Crippen LogP contribution >= 0.6 is 0 Å². The lowest BCUT2D eigenvalue weighted by molar-refractivity contribution is 0.0893. The van der Waals surface area contributed by atoms with Crippen molar-refractivity contribution in [1.29, 1.82) is 0 Å². The molecule has 1 aliphatic carbocycles. The maximum atomic E-state index is 14.3. The minimum atomic E-state index is -2.96. The zero-order valence-corrected chi connectivity index (χ0v) is 19.1. The van der Waals surface area contributed by atoms with Crippen LogP contribution in [-0.2, 0) is 0 Å². The van der Waals surface area contributed by atoms with Crippen LogP contribution in [0.1, 0.15) is 31.1 Å². The van der Waals surface area contributed by atoms with Gasteiger partial charge >= 0.3 is 0 Å². The number of hydrogen-bond acceptors (Lipinski definition) is 3. The smallest absolute Gasteiger partial charge is 0.200 e. The maximum Gasteiger partial charge on any atom is 0.200 e. The van der Waals surface area contributed by atoms with E-state index >= 15 is 0 Å². The summed E-state index contributed by atoms with van der Waals surface area (Å²) in [5.74, 6) is -59.1. The number of halogens is 15. The van der Waals surface area contributed by atoms with Gasteiger partial charge < -0.3 is 0 Å². The molecule has 0 N–H and O–H groups in total. The Morgan fingerprint density at radius 2 is 0.381 bits per heavy atom. The molecule has 18 heteroatoms. The largest absolute Gasteiger partial charge is 0.294 e. The Labute approximate surface area is 220 Å². The van der Waals surface area contributed by atoms with Gasteiger partial charge in [-0.1, -0.05) is 0 Å². The summed E-state index contributed by atoms with van der Waals surface area (Å²) in [6, 6.07) is 0. The second-order valence-electron chi connectivity index (χ2n) is 8.50. The number of ketones is 3. The Kier molecular flexibility index (Phi) is 7.40. The van der Waals surface area contributed by atoms with E-state index in [0.717, 1.165) is 0 Å². The van der Waals surface area contributed by atoms with E-state index in [1.54, 1.807) is 0 Å². The second kappa shape index (κ2) is 10.2. The third kappa shape index (κ3) is 4.13. The van der Waals surface area contributed by atoms with Crippen molar-refractivity contribution < 1.29 is 80.2 Å². The quantitative estimate of drug-likeness (QED) is 0.135. The summed E-state index contributed by atoms with van der Waals surface area (Å²) in [6.45, 7) is 0. The first-order valence-corrected chi connectivity index (χ1v) is 10.6. The number of hydrogen-bond donors (Lipinski definition) is 0. The molecule has 1 fully saturated rings. The van der Waals surface area contributed by atoms with Crippen LogP contribution in [-0.4, -0.2) is 17.3 Å². The summed E-state index contributed by atoms with van der Waals surface area (Å²) >= 11 is 0. The standard InChI is InChI=1S/C24H3F15O3/c25-7-4(8(26)14(32)19(37)13(7)31)22(40)1-2(23(41)5-9(27)15(33)20(38)16(34)10(5)28)3(1)24(42)6-11(29)17(35)21(39)18(36)12(6)30/h1-3H. The molecule has 0 heterocycles. The van der Waals surface area contributed by atoms with Gasteiger partial charge in [0.1, 0.15) is 0 Å². The molecule has 3 aromatic carbocycles. The SMILES string of the molecule is O=C(c1c(F)c(F)c(F)c(F)c1F)C1C(C(=O)c2c(F)c(F)c(F)c(F)c2F)C1C(=O)c1c(F)c(F)c(F)c(F)c1F. The molecular formula is C24H3F15O3. The number of carbonyl (C=O) groups is 3. The Morgan fingerprint density at radius 1 is 0.262 bits per heavy atom. The van der Waals surface area contributed by atoms with Crippen molar-refractivity contribution in [2.75, 3.05) is 0 Å². The first kappa shape index (κ1) is 30.6. The van der Waals surface area contributed by atoms with Crippen molar-refractivity contribution in [1.82, 2.24) is 0 Å². The molecule has 0 atom stereocenters. The molecule has 3 aromatic rings. The molecule has 42 heavy (non-hydrogen) atoms. The van der Waals surface area contributed by atoms with Gasteiger partial charge in [-0.05, 0) is 0 Å². The highest BCUT2D eigenvalue weighted by Gasteiger charge is 2.64. The van der Waals surface area contributed by atoms with E-state index in [9.17, 15) is 80.2 Å². The van der Waals surface area contributed by atoms with Crippen LogP contribution in [0, 0.1) is 105 Å². The number of Topliss-reactive ketones (excluding diaryl/α,β-unsaturated/α-hetero) is 3. The third-order valence-corrected chi connectivity index (χ3v) is 6.30. The van der Waals surface area contributed by atoms with Gasteiger partial charge in [-0.3, -0.25) is 14.4 Å². The molecular weight excluding hydrogens is 621 g/mol. The average Bonchev–Trinajstić information content (AvgIpc) is 3.71. The summed E-state index contributed by atoms with van der Waals surface area (Å²) in [6.07, 6.45) is 0. The highest BCUT2D eigenvalue weighted by Crippen LogP contribution is 2.53. The minimum Gasteiger partial charge on any atom is -0.294 e. The Bertz CT molecular complexity index is 1470. The van der Waals surface area contributed by atoms with Crippen molar-refractivity contribution in [2.24, 2.45) is 17.8 Å². The van der Waals surface area contributed by atoms with Crippen LogP contribution in [0.4, 0.5) is 65.9 Å². The van der Waals surface area contributed by atoms with Gasteiger partial charge in [0.2, 0.25) is 17.5 Å². The molecule has 1 aliphatic rings. The molecule has 0 unspecified atom stereocenters. The summed E-state index contributed by atoms with van der Waals surface area (Å²) in [7, 11) is 0. The molecule has 0 saturated heterocycles. The summed E-state index contributed by atoms with van der Waals surface area (Å²) < 4.78 is 208. The number of rotatable bonds is 6. The molecule has 3 nitrogen and oxygen atoms in total. The van der Waals surface area contributed by atoms with E-state index in [-0.39, 0.29) is 0 Å². The Balaban J connectivity index is 1.95. The van der Waals surface area contributed by atoms with Gasteiger partial charge in [0.25, 0.3) is 0 Å². The Morgan fingerprint density at radius 3 is 0.524 bits per heavy atom. The van der Waals surface area contributed by atoms with Gasteiger partial charge in [0.15, 0.2) is 87.2 Å². The fourth-order valence-electron chi connectivity index (χ4n) is 4.25. The molecule has 0 aromatic heterocycles. The van der Waals surface area contributed by atoms with Crippen molar-refractivity contribution in [2.45, 2.75) is 0 Å². The van der Waals surface area contributed by atoms with Crippen LogP contribution in [0.3, 0.4) is 0 Å². The fourth-order valence-corrected chi connectivity index (χ4v) is 4.25. The lowest BCUT2D eigenvalue weighted by Crippen LogP contribution is -2.18. The monoisotopic (exact) mass is 624 g/mol. The van der Waals surface area contributed by atoms with E-state index in [1.807, 2.05) is 0 Å². The van der Waals surface area contributed by atoms with E-state index in [1.165, 1.54) is 0 Å². The van der Waals surface area contributed by atoms with Gasteiger partial charge in [0.05, 0.1) is 16.7 Å². The van der Waals surface area contributed by atoms with Crippen molar-refractivity contribution in [3.63, 3.8) is 0 Å². The molecule has 0 spiro atoms.